The minimum atomic E-state index is -3.90. The normalized spacial score (nSPS) is 11.1. The predicted octanol–water partition coefficient (Wildman–Crippen LogP) is 4.72. The molecule has 0 aliphatic rings. The van der Waals surface area contributed by atoms with Crippen LogP contribution in [0.25, 0.3) is 0 Å². The zero-order valence-corrected chi connectivity index (χ0v) is 16.9. The van der Waals surface area contributed by atoms with Gasteiger partial charge in [0.25, 0.3) is 15.9 Å². The summed E-state index contributed by atoms with van der Waals surface area (Å²) in [5, 5.41) is 3.39. The first kappa shape index (κ1) is 20.2. The largest absolute Gasteiger partial charge is 0.348 e. The van der Waals surface area contributed by atoms with Crippen molar-refractivity contribution >= 4 is 44.8 Å². The van der Waals surface area contributed by atoms with Crippen molar-refractivity contribution in [3.63, 3.8) is 0 Å². The number of hydrogen-bond acceptors (Lipinski definition) is 3. The first-order chi connectivity index (χ1) is 13.3. The molecule has 3 rings (SSSR count). The molecule has 0 saturated heterocycles. The molecule has 0 bridgehead atoms. The fourth-order valence-corrected chi connectivity index (χ4v) is 3.86. The van der Waals surface area contributed by atoms with E-state index < -0.39 is 15.9 Å². The summed E-state index contributed by atoms with van der Waals surface area (Å²) in [5.41, 5.74) is 1.35. The van der Waals surface area contributed by atoms with E-state index in [9.17, 15) is 13.2 Å². The molecule has 28 heavy (non-hydrogen) atoms. The van der Waals surface area contributed by atoms with Gasteiger partial charge in [-0.15, -0.1) is 0 Å². The maximum Gasteiger partial charge on any atom is 0.261 e. The Kier molecular flexibility index (Phi) is 6.24. The van der Waals surface area contributed by atoms with Crippen LogP contribution in [0.3, 0.4) is 0 Å². The number of carbonyl (C=O) groups is 1. The summed E-state index contributed by atoms with van der Waals surface area (Å²) < 4.78 is 27.7. The molecular formula is C20H16Cl2N2O3S. The molecule has 3 aromatic rings. The van der Waals surface area contributed by atoms with Crippen LogP contribution in [0.2, 0.25) is 10.0 Å². The summed E-state index contributed by atoms with van der Waals surface area (Å²) in [7, 11) is -3.90. The second kappa shape index (κ2) is 8.65. The highest BCUT2D eigenvalue weighted by Gasteiger charge is 2.19. The molecule has 0 aliphatic heterocycles. The van der Waals surface area contributed by atoms with Gasteiger partial charge in [-0.1, -0.05) is 53.5 Å². The number of rotatable bonds is 6. The zero-order valence-electron chi connectivity index (χ0n) is 14.5. The summed E-state index contributed by atoms with van der Waals surface area (Å²) in [6.45, 7) is 0.302. The molecule has 0 aromatic heterocycles. The number of carbonyl (C=O) groups excluding carboxylic acids is 1. The highest BCUT2D eigenvalue weighted by Crippen LogP contribution is 2.23. The van der Waals surface area contributed by atoms with E-state index in [1.54, 1.807) is 24.3 Å². The number of anilines is 1. The van der Waals surface area contributed by atoms with Crippen molar-refractivity contribution in [3.8, 4) is 0 Å². The molecule has 0 fully saturated rings. The van der Waals surface area contributed by atoms with Gasteiger partial charge in [0.2, 0.25) is 0 Å². The lowest BCUT2D eigenvalue weighted by Crippen LogP contribution is -2.23. The predicted molar refractivity (Wildman–Crippen MR) is 111 cm³/mol. The lowest BCUT2D eigenvalue weighted by atomic mass is 10.2. The van der Waals surface area contributed by atoms with Crippen molar-refractivity contribution < 1.29 is 13.2 Å². The van der Waals surface area contributed by atoms with Gasteiger partial charge in [0.15, 0.2) is 0 Å². The quantitative estimate of drug-likeness (QED) is 0.588. The Labute approximate surface area is 173 Å². The van der Waals surface area contributed by atoms with Gasteiger partial charge < -0.3 is 5.32 Å². The standard InChI is InChI=1S/C20H16Cl2N2O3S/c21-15-6-8-16(9-7-15)24-28(26,27)17-10-11-19(22)18(12-17)20(25)23-13-14-4-2-1-3-5-14/h1-12,24H,13H2,(H,23,25). The summed E-state index contributed by atoms with van der Waals surface area (Å²) >= 11 is 11.9. The first-order valence-corrected chi connectivity index (χ1v) is 10.5. The monoisotopic (exact) mass is 434 g/mol. The Hall–Kier alpha value is -2.54. The van der Waals surface area contributed by atoms with Gasteiger partial charge in [0.1, 0.15) is 0 Å². The fourth-order valence-electron chi connectivity index (χ4n) is 2.45. The lowest BCUT2D eigenvalue weighted by molar-refractivity contribution is 0.0951. The van der Waals surface area contributed by atoms with E-state index in [0.29, 0.717) is 17.3 Å². The Bertz CT molecular complexity index is 1090. The second-order valence-electron chi connectivity index (χ2n) is 5.92. The van der Waals surface area contributed by atoms with Crippen molar-refractivity contribution in [1.82, 2.24) is 5.32 Å². The Balaban J connectivity index is 1.79. The minimum Gasteiger partial charge on any atom is -0.348 e. The number of sulfonamides is 1. The minimum absolute atomic E-state index is 0.0725. The van der Waals surface area contributed by atoms with Gasteiger partial charge in [-0.05, 0) is 48.0 Å². The van der Waals surface area contributed by atoms with E-state index in [1.165, 1.54) is 18.2 Å². The van der Waals surface area contributed by atoms with Gasteiger partial charge in [0, 0.05) is 17.3 Å². The first-order valence-electron chi connectivity index (χ1n) is 8.25. The SMILES string of the molecule is O=C(NCc1ccccc1)c1cc(S(=O)(=O)Nc2ccc(Cl)cc2)ccc1Cl. The van der Waals surface area contributed by atoms with Crippen molar-refractivity contribution in [2.75, 3.05) is 4.72 Å². The van der Waals surface area contributed by atoms with Crippen LogP contribution in [-0.4, -0.2) is 14.3 Å². The molecule has 0 saturated carbocycles. The molecule has 3 aromatic carbocycles. The Morgan fingerprint density at radius 2 is 1.57 bits per heavy atom. The van der Waals surface area contributed by atoms with Crippen molar-refractivity contribution in [2.45, 2.75) is 11.4 Å². The van der Waals surface area contributed by atoms with E-state index >= 15 is 0 Å². The Morgan fingerprint density at radius 3 is 2.25 bits per heavy atom. The smallest absolute Gasteiger partial charge is 0.261 e. The molecule has 0 atom stereocenters. The summed E-state index contributed by atoms with van der Waals surface area (Å²) in [4.78, 5) is 12.4. The molecule has 0 heterocycles. The van der Waals surface area contributed by atoms with E-state index in [1.807, 2.05) is 30.3 Å². The molecule has 0 spiro atoms. The van der Waals surface area contributed by atoms with Crippen molar-refractivity contribution in [3.05, 3.63) is 94.0 Å². The van der Waals surface area contributed by atoms with Crippen LogP contribution in [0.4, 0.5) is 5.69 Å². The summed E-state index contributed by atoms with van der Waals surface area (Å²) in [5.74, 6) is -0.461. The number of benzene rings is 3. The summed E-state index contributed by atoms with van der Waals surface area (Å²) in [6.07, 6.45) is 0. The number of amides is 1. The van der Waals surface area contributed by atoms with Crippen molar-refractivity contribution in [1.29, 1.82) is 0 Å². The highest BCUT2D eigenvalue weighted by molar-refractivity contribution is 7.92. The zero-order chi connectivity index (χ0) is 20.1. The fraction of sp³-hybridized carbons (Fsp3) is 0.0500. The Morgan fingerprint density at radius 1 is 0.893 bits per heavy atom. The molecule has 8 heteroatoms. The average molecular weight is 435 g/mol. The van der Waals surface area contributed by atoms with Crippen LogP contribution in [0, 0.1) is 0 Å². The highest BCUT2D eigenvalue weighted by atomic mass is 35.5. The van der Waals surface area contributed by atoms with Crippen LogP contribution in [-0.2, 0) is 16.6 Å². The van der Waals surface area contributed by atoms with Crippen molar-refractivity contribution in [2.24, 2.45) is 0 Å². The molecule has 0 unspecified atom stereocenters. The van der Waals surface area contributed by atoms with E-state index in [0.717, 1.165) is 5.56 Å². The van der Waals surface area contributed by atoms with E-state index in [2.05, 4.69) is 10.0 Å². The van der Waals surface area contributed by atoms with Gasteiger partial charge in [-0.2, -0.15) is 0 Å². The molecule has 144 valence electrons. The van der Waals surface area contributed by atoms with Gasteiger partial charge in [-0.25, -0.2) is 8.42 Å². The number of halogens is 2. The van der Waals surface area contributed by atoms with Crippen LogP contribution < -0.4 is 10.0 Å². The maximum atomic E-state index is 12.6. The molecule has 2 N–H and O–H groups in total. The van der Waals surface area contributed by atoms with Gasteiger partial charge >= 0.3 is 0 Å². The van der Waals surface area contributed by atoms with E-state index in [-0.39, 0.29) is 15.5 Å². The van der Waals surface area contributed by atoms with Gasteiger partial charge in [-0.3, -0.25) is 9.52 Å². The van der Waals surface area contributed by atoms with Crippen LogP contribution >= 0.6 is 23.2 Å². The van der Waals surface area contributed by atoms with E-state index in [4.69, 9.17) is 23.2 Å². The van der Waals surface area contributed by atoms with Crippen LogP contribution in [0.1, 0.15) is 15.9 Å². The lowest BCUT2D eigenvalue weighted by Gasteiger charge is -2.11. The average Bonchev–Trinajstić information content (AvgIpc) is 2.69. The summed E-state index contributed by atoms with van der Waals surface area (Å²) in [6, 6.07) is 19.6. The molecule has 0 radical (unpaired) electrons. The third kappa shape index (κ3) is 5.04. The molecular weight excluding hydrogens is 419 g/mol. The second-order valence-corrected chi connectivity index (χ2v) is 8.45. The number of nitrogens with one attached hydrogen (secondary N) is 2. The topological polar surface area (TPSA) is 75.3 Å². The van der Waals surface area contributed by atoms with Gasteiger partial charge in [0.05, 0.1) is 15.5 Å². The van der Waals surface area contributed by atoms with Crippen LogP contribution in [0.15, 0.2) is 77.7 Å². The molecule has 5 nitrogen and oxygen atoms in total. The third-order valence-electron chi connectivity index (χ3n) is 3.89. The number of hydrogen-bond donors (Lipinski definition) is 2. The molecule has 1 amide bonds. The maximum absolute atomic E-state index is 12.6. The van der Waals surface area contributed by atoms with Crippen LogP contribution in [0.5, 0.6) is 0 Å². The third-order valence-corrected chi connectivity index (χ3v) is 5.85. The molecule has 0 aliphatic carbocycles.